The Kier molecular flexibility index (Phi) is 7.34. The van der Waals surface area contributed by atoms with Crippen LogP contribution in [0.15, 0.2) is 60.9 Å². The zero-order valence-corrected chi connectivity index (χ0v) is 22.4. The van der Waals surface area contributed by atoms with Crippen LogP contribution in [0.4, 0.5) is 11.9 Å². The monoisotopic (exact) mass is 555 g/mol. The molecule has 1 aliphatic heterocycles. The van der Waals surface area contributed by atoms with Crippen LogP contribution >= 0.6 is 11.6 Å². The van der Waals surface area contributed by atoms with Gasteiger partial charge in [0.25, 0.3) is 0 Å². The predicted molar refractivity (Wildman–Crippen MR) is 145 cm³/mol. The number of hydrogen-bond donors (Lipinski definition) is 1. The molecular weight excluding hydrogens is 530 g/mol. The lowest BCUT2D eigenvalue weighted by Crippen LogP contribution is -2.45. The predicted octanol–water partition coefficient (Wildman–Crippen LogP) is 3.81. The third-order valence-electron chi connectivity index (χ3n) is 6.26. The van der Waals surface area contributed by atoms with Gasteiger partial charge in [-0.2, -0.15) is 0 Å². The maximum atomic E-state index is 13.7. The maximum Gasteiger partial charge on any atom is 0.243 e. The van der Waals surface area contributed by atoms with Crippen LogP contribution in [-0.2, 0) is 10.0 Å². The fourth-order valence-electron chi connectivity index (χ4n) is 4.44. The van der Waals surface area contributed by atoms with E-state index >= 15 is 0 Å². The summed E-state index contributed by atoms with van der Waals surface area (Å²) >= 11 is 5.91. The normalized spacial score (nSPS) is 15.8. The van der Waals surface area contributed by atoms with E-state index in [1.807, 2.05) is 35.2 Å². The van der Waals surface area contributed by atoms with E-state index in [2.05, 4.69) is 24.9 Å². The van der Waals surface area contributed by atoms with Crippen LogP contribution in [0.2, 0.25) is 5.02 Å². The highest BCUT2D eigenvalue weighted by Crippen LogP contribution is 2.38. The molecule has 13 heteroatoms. The highest BCUT2D eigenvalue weighted by Gasteiger charge is 2.34. The van der Waals surface area contributed by atoms with Crippen molar-refractivity contribution >= 4 is 33.5 Å². The van der Waals surface area contributed by atoms with Crippen LogP contribution in [0.3, 0.4) is 0 Å². The standard InChI is InChI=1S/C25H26ClN7O4S/c1-36-20-11-6-12-21(37-2)22(20)33-23(17-8-4-3-5-9-17)29-30-25(33)31-38(34,35)19-10-7-13-32(16-19)24-27-14-18(26)15-28-24/h3-6,8-9,11-12,14-15,19H,7,10,13,16H2,1-2H3,(H,30,31)/t19-/m0/s1. The number of halogens is 1. The summed E-state index contributed by atoms with van der Waals surface area (Å²) in [7, 11) is -0.838. The number of rotatable bonds is 8. The number of nitrogens with zero attached hydrogens (tertiary/aromatic N) is 6. The minimum atomic E-state index is -3.90. The van der Waals surface area contributed by atoms with Crippen molar-refractivity contribution in [2.45, 2.75) is 18.1 Å². The number of para-hydroxylation sites is 1. The van der Waals surface area contributed by atoms with E-state index in [4.69, 9.17) is 21.1 Å². The fourth-order valence-corrected chi connectivity index (χ4v) is 5.94. The molecule has 2 aromatic heterocycles. The van der Waals surface area contributed by atoms with Gasteiger partial charge in [0.2, 0.25) is 21.9 Å². The van der Waals surface area contributed by atoms with Gasteiger partial charge in [-0.1, -0.05) is 48.0 Å². The molecule has 0 bridgehead atoms. The lowest BCUT2D eigenvalue weighted by Gasteiger charge is -2.32. The van der Waals surface area contributed by atoms with Gasteiger partial charge in [0, 0.05) is 18.7 Å². The molecule has 5 rings (SSSR count). The Balaban J connectivity index is 1.54. The number of methoxy groups -OCH3 is 2. The minimum absolute atomic E-state index is 0.0199. The van der Waals surface area contributed by atoms with E-state index in [0.29, 0.717) is 53.4 Å². The number of nitrogens with one attached hydrogen (secondary N) is 1. The first kappa shape index (κ1) is 25.7. The molecule has 198 valence electrons. The smallest absolute Gasteiger partial charge is 0.243 e. The van der Waals surface area contributed by atoms with Gasteiger partial charge in [-0.05, 0) is 25.0 Å². The fraction of sp³-hybridized carbons (Fsp3) is 0.280. The average molecular weight is 556 g/mol. The molecule has 0 spiro atoms. The van der Waals surface area contributed by atoms with Gasteiger partial charge in [-0.15, -0.1) is 10.2 Å². The quantitative estimate of drug-likeness (QED) is 0.345. The summed E-state index contributed by atoms with van der Waals surface area (Å²) in [4.78, 5) is 10.3. The third-order valence-corrected chi connectivity index (χ3v) is 8.19. The molecule has 1 saturated heterocycles. The Labute approximate surface area is 225 Å². The molecular formula is C25H26ClN7O4S. The first-order valence-corrected chi connectivity index (χ1v) is 13.8. The van der Waals surface area contributed by atoms with Gasteiger partial charge in [0.05, 0.1) is 36.9 Å². The summed E-state index contributed by atoms with van der Waals surface area (Å²) in [6, 6.07) is 14.7. The van der Waals surface area contributed by atoms with E-state index in [1.54, 1.807) is 22.8 Å². The third kappa shape index (κ3) is 5.09. The van der Waals surface area contributed by atoms with Crippen molar-refractivity contribution in [3.05, 3.63) is 65.9 Å². The Bertz CT molecular complexity index is 1490. The van der Waals surface area contributed by atoms with E-state index in [9.17, 15) is 8.42 Å². The summed E-state index contributed by atoms with van der Waals surface area (Å²) in [5.41, 5.74) is 1.21. The molecule has 4 aromatic rings. The first-order chi connectivity index (χ1) is 18.4. The van der Waals surface area contributed by atoms with Crippen LogP contribution in [0, 0.1) is 0 Å². The Hall–Kier alpha value is -3.90. The Morgan fingerprint density at radius 3 is 2.32 bits per heavy atom. The van der Waals surface area contributed by atoms with Crippen LogP contribution in [0.1, 0.15) is 12.8 Å². The summed E-state index contributed by atoms with van der Waals surface area (Å²) in [6.07, 6.45) is 4.11. The van der Waals surface area contributed by atoms with E-state index < -0.39 is 15.3 Å². The number of anilines is 2. The number of benzene rings is 2. The molecule has 11 nitrogen and oxygen atoms in total. The maximum absolute atomic E-state index is 13.7. The van der Waals surface area contributed by atoms with Crippen molar-refractivity contribution in [3.8, 4) is 28.6 Å². The SMILES string of the molecule is COc1cccc(OC)c1-n1c(NS(=O)(=O)[C@H]2CCCN(c3ncc(Cl)cn3)C2)nnc1-c1ccccc1. The zero-order valence-electron chi connectivity index (χ0n) is 20.8. The molecule has 0 radical (unpaired) electrons. The molecule has 0 saturated carbocycles. The second kappa shape index (κ2) is 10.8. The molecule has 1 N–H and O–H groups in total. The highest BCUT2D eigenvalue weighted by molar-refractivity contribution is 7.93. The molecule has 0 unspecified atom stereocenters. The summed E-state index contributed by atoms with van der Waals surface area (Å²) in [5, 5.41) is 8.27. The minimum Gasteiger partial charge on any atom is -0.494 e. The molecule has 2 aromatic carbocycles. The Morgan fingerprint density at radius 1 is 0.974 bits per heavy atom. The van der Waals surface area contributed by atoms with Gasteiger partial charge < -0.3 is 14.4 Å². The number of sulfonamides is 1. The van der Waals surface area contributed by atoms with E-state index in [1.165, 1.54) is 26.6 Å². The van der Waals surface area contributed by atoms with Crippen molar-refractivity contribution in [1.82, 2.24) is 24.7 Å². The van der Waals surface area contributed by atoms with Gasteiger partial charge in [0.1, 0.15) is 17.2 Å². The van der Waals surface area contributed by atoms with Crippen LogP contribution in [0.5, 0.6) is 11.5 Å². The molecule has 3 heterocycles. The second-order valence-electron chi connectivity index (χ2n) is 8.62. The summed E-state index contributed by atoms with van der Waals surface area (Å²) in [6.45, 7) is 0.856. The van der Waals surface area contributed by atoms with Crippen LogP contribution in [-0.4, -0.2) is 65.7 Å². The van der Waals surface area contributed by atoms with Crippen LogP contribution < -0.4 is 19.1 Å². The van der Waals surface area contributed by atoms with Crippen LogP contribution in [0.25, 0.3) is 17.1 Å². The first-order valence-electron chi connectivity index (χ1n) is 11.9. The molecule has 1 fully saturated rings. The van der Waals surface area contributed by atoms with Gasteiger partial charge in [0.15, 0.2) is 5.82 Å². The van der Waals surface area contributed by atoms with Crippen molar-refractivity contribution in [2.75, 3.05) is 36.9 Å². The summed E-state index contributed by atoms with van der Waals surface area (Å²) < 4.78 is 42.9. The number of piperidine rings is 1. The average Bonchev–Trinajstić information content (AvgIpc) is 3.35. The zero-order chi connectivity index (χ0) is 26.7. The molecule has 0 aliphatic carbocycles. The number of aromatic nitrogens is 5. The van der Waals surface area contributed by atoms with Crippen molar-refractivity contribution in [2.24, 2.45) is 0 Å². The molecule has 1 aliphatic rings. The molecule has 0 amide bonds. The lowest BCUT2D eigenvalue weighted by molar-refractivity contribution is 0.391. The van der Waals surface area contributed by atoms with E-state index in [-0.39, 0.29) is 12.5 Å². The lowest BCUT2D eigenvalue weighted by atomic mass is 10.1. The number of hydrogen-bond acceptors (Lipinski definition) is 9. The van der Waals surface area contributed by atoms with Gasteiger partial charge in [-0.3, -0.25) is 9.29 Å². The largest absolute Gasteiger partial charge is 0.494 e. The second-order valence-corrected chi connectivity index (χ2v) is 11.0. The number of ether oxygens (including phenoxy) is 2. The van der Waals surface area contributed by atoms with E-state index in [0.717, 1.165) is 5.56 Å². The van der Waals surface area contributed by atoms with Crippen molar-refractivity contribution in [1.29, 1.82) is 0 Å². The van der Waals surface area contributed by atoms with Gasteiger partial charge in [-0.25, -0.2) is 18.4 Å². The Morgan fingerprint density at radius 2 is 1.66 bits per heavy atom. The van der Waals surface area contributed by atoms with Crippen molar-refractivity contribution < 1.29 is 17.9 Å². The molecule has 38 heavy (non-hydrogen) atoms. The highest BCUT2D eigenvalue weighted by atomic mass is 35.5. The molecule has 1 atom stereocenters. The summed E-state index contributed by atoms with van der Waals surface area (Å²) in [5.74, 6) is 1.80. The van der Waals surface area contributed by atoms with Crippen molar-refractivity contribution in [3.63, 3.8) is 0 Å². The van der Waals surface area contributed by atoms with Gasteiger partial charge >= 0.3 is 0 Å². The topological polar surface area (TPSA) is 124 Å².